The van der Waals surface area contributed by atoms with Crippen molar-refractivity contribution in [1.82, 2.24) is 4.98 Å². The summed E-state index contributed by atoms with van der Waals surface area (Å²) in [5, 5.41) is 0. The molecule has 100 valence electrons. The van der Waals surface area contributed by atoms with Gasteiger partial charge >= 0.3 is 0 Å². The van der Waals surface area contributed by atoms with Crippen LogP contribution in [0.2, 0.25) is 0 Å². The van der Waals surface area contributed by atoms with Crippen LogP contribution in [-0.4, -0.2) is 10.8 Å². The molecule has 0 unspecified atom stereocenters. The minimum atomic E-state index is 0. The predicted molar refractivity (Wildman–Crippen MR) is 76.2 cm³/mol. The summed E-state index contributed by atoms with van der Waals surface area (Å²) >= 11 is 2.94. The predicted octanol–water partition coefficient (Wildman–Crippen LogP) is 0.225. The number of hydrogen-bond acceptors (Lipinski definition) is 1. The number of hydrogen-bond donors (Lipinski definition) is 0. The molecule has 2 heterocycles. The highest BCUT2D eigenvalue weighted by Crippen LogP contribution is 1.88. The molecule has 0 radical (unpaired) electrons. The van der Waals surface area contributed by atoms with Gasteiger partial charge in [-0.2, -0.15) is 0 Å². The maximum absolute atomic E-state index is 3.88. The Morgan fingerprint density at radius 1 is 1.06 bits per heavy atom. The average molecular weight is 376 g/mol. The Labute approximate surface area is 129 Å². The molecule has 0 aliphatic heterocycles. The molecule has 0 atom stereocenters. The molecular weight excluding hydrogens is 356 g/mol. The highest BCUT2D eigenvalue weighted by Gasteiger charge is 1.87. The Bertz CT molecular complexity index is 388. The Hall–Kier alpha value is -0.740. The summed E-state index contributed by atoms with van der Waals surface area (Å²) in [4.78, 5) is 3.88. The lowest BCUT2D eigenvalue weighted by atomic mass is 10.3. The van der Waals surface area contributed by atoms with Crippen molar-refractivity contribution in [3.05, 3.63) is 60.2 Å². The Kier molecular flexibility index (Phi) is 13.8. The highest BCUT2D eigenvalue weighted by atomic mass is 79.9. The lowest BCUT2D eigenvalue weighted by Gasteiger charge is -1.85. The van der Waals surface area contributed by atoms with Crippen molar-refractivity contribution < 1.29 is 21.5 Å². The average Bonchev–Trinajstić information content (AvgIpc) is 2.33. The van der Waals surface area contributed by atoms with Crippen LogP contribution in [0.5, 0.6) is 0 Å². The summed E-state index contributed by atoms with van der Waals surface area (Å²) < 4.78 is 2.04. The number of pyridine rings is 2. The van der Waals surface area contributed by atoms with E-state index in [1.807, 2.05) is 55.0 Å². The van der Waals surface area contributed by atoms with Gasteiger partial charge in [0.15, 0.2) is 12.4 Å². The molecule has 0 aromatic carbocycles. The van der Waals surface area contributed by atoms with Crippen molar-refractivity contribution >= 4 is 15.9 Å². The zero-order chi connectivity index (χ0) is 13.1. The van der Waals surface area contributed by atoms with Crippen LogP contribution >= 0.6 is 15.9 Å². The largest absolute Gasteiger partial charge is 1.00 e. The number of rotatable bonds is 0. The maximum atomic E-state index is 3.88. The number of aromatic nitrogens is 2. The maximum Gasteiger partial charge on any atom is 0.171 e. The molecule has 0 N–H and O–H groups in total. The summed E-state index contributed by atoms with van der Waals surface area (Å²) in [5.41, 5.74) is 2.51. The van der Waals surface area contributed by atoms with E-state index < -0.39 is 0 Å². The van der Waals surface area contributed by atoms with Gasteiger partial charge < -0.3 is 17.0 Å². The highest BCUT2D eigenvalue weighted by molar-refractivity contribution is 9.08. The summed E-state index contributed by atoms with van der Waals surface area (Å²) in [6, 6.07) is 8.07. The molecule has 2 nitrogen and oxygen atoms in total. The lowest BCUT2D eigenvalue weighted by Crippen LogP contribution is -3.00. The van der Waals surface area contributed by atoms with Gasteiger partial charge in [-0.3, -0.25) is 4.98 Å². The van der Waals surface area contributed by atoms with Crippen molar-refractivity contribution in [2.75, 3.05) is 5.83 Å². The third kappa shape index (κ3) is 10.4. The normalized spacial score (nSPS) is 7.83. The van der Waals surface area contributed by atoms with Crippen molar-refractivity contribution in [3.63, 3.8) is 0 Å². The SMILES string of the molecule is CBr.Cc1ccc[n+](C)c1.Cc1cccnc1.[Br-]. The van der Waals surface area contributed by atoms with Gasteiger partial charge in [-0.25, -0.2) is 4.57 Å². The standard InChI is InChI=1S/C7H10N.C6H7N.CH3Br.BrH/c1-7-4-3-5-8(2)6-7;1-6-3-2-4-7-5-6;1-2;/h3-6H,1-2H3;2-5H,1H3;1H3;1H/q+1;;;/p-1. The molecule has 2 rings (SSSR count). The molecule has 4 heteroatoms. The summed E-state index contributed by atoms with van der Waals surface area (Å²) in [7, 11) is 2.02. The fourth-order valence-corrected chi connectivity index (χ4v) is 1.19. The van der Waals surface area contributed by atoms with E-state index >= 15 is 0 Å². The van der Waals surface area contributed by atoms with E-state index in [2.05, 4.69) is 40.1 Å². The van der Waals surface area contributed by atoms with Gasteiger partial charge in [0.25, 0.3) is 0 Å². The van der Waals surface area contributed by atoms with Gasteiger partial charge in [0.1, 0.15) is 7.05 Å². The van der Waals surface area contributed by atoms with Crippen LogP contribution in [0.15, 0.2) is 49.1 Å². The molecule has 0 saturated heterocycles. The Morgan fingerprint density at radius 2 is 1.67 bits per heavy atom. The summed E-state index contributed by atoms with van der Waals surface area (Å²) in [6.45, 7) is 4.10. The lowest BCUT2D eigenvalue weighted by molar-refractivity contribution is -0.671. The fraction of sp³-hybridized carbons (Fsp3) is 0.286. The first-order valence-electron chi connectivity index (χ1n) is 5.35. The zero-order valence-electron chi connectivity index (χ0n) is 11.3. The van der Waals surface area contributed by atoms with E-state index in [1.165, 1.54) is 11.1 Å². The summed E-state index contributed by atoms with van der Waals surface area (Å²) in [6.07, 6.45) is 7.71. The van der Waals surface area contributed by atoms with Crippen LogP contribution in [0, 0.1) is 13.8 Å². The molecule has 0 spiro atoms. The Morgan fingerprint density at radius 3 is 1.94 bits per heavy atom. The number of nitrogens with zero attached hydrogens (tertiary/aromatic N) is 2. The quantitative estimate of drug-likeness (QED) is 0.475. The molecule has 0 aliphatic rings. The molecule has 0 bridgehead atoms. The van der Waals surface area contributed by atoms with Crippen LogP contribution in [0.4, 0.5) is 0 Å². The van der Waals surface area contributed by atoms with E-state index in [9.17, 15) is 0 Å². The molecule has 0 saturated carbocycles. The first kappa shape index (κ1) is 19.6. The van der Waals surface area contributed by atoms with E-state index in [0.717, 1.165) is 0 Å². The minimum Gasteiger partial charge on any atom is -1.00 e. The fourth-order valence-electron chi connectivity index (χ4n) is 1.19. The van der Waals surface area contributed by atoms with E-state index in [-0.39, 0.29) is 17.0 Å². The molecule has 0 amide bonds. The van der Waals surface area contributed by atoms with Gasteiger partial charge in [-0.05, 0) is 37.4 Å². The third-order valence-electron chi connectivity index (χ3n) is 1.90. The molecule has 18 heavy (non-hydrogen) atoms. The van der Waals surface area contributed by atoms with Crippen molar-refractivity contribution in [2.45, 2.75) is 13.8 Å². The second-order valence-corrected chi connectivity index (χ2v) is 3.58. The van der Waals surface area contributed by atoms with E-state index in [1.54, 1.807) is 6.20 Å². The van der Waals surface area contributed by atoms with Gasteiger partial charge in [-0.15, -0.1) is 0 Å². The molecule has 2 aromatic heterocycles. The summed E-state index contributed by atoms with van der Waals surface area (Å²) in [5.74, 6) is 1.81. The number of halogens is 2. The first-order chi connectivity index (χ1) is 8.18. The van der Waals surface area contributed by atoms with Crippen molar-refractivity contribution in [2.24, 2.45) is 7.05 Å². The van der Waals surface area contributed by atoms with Gasteiger partial charge in [0.05, 0.1) is 0 Å². The van der Waals surface area contributed by atoms with Crippen molar-refractivity contribution in [1.29, 1.82) is 0 Å². The van der Waals surface area contributed by atoms with Gasteiger partial charge in [0.2, 0.25) is 0 Å². The number of aryl methyl sites for hydroxylation is 3. The second-order valence-electron chi connectivity index (χ2n) is 3.58. The van der Waals surface area contributed by atoms with Crippen LogP contribution in [0.25, 0.3) is 0 Å². The van der Waals surface area contributed by atoms with Crippen molar-refractivity contribution in [3.8, 4) is 0 Å². The van der Waals surface area contributed by atoms with Gasteiger partial charge in [-0.1, -0.05) is 22.0 Å². The van der Waals surface area contributed by atoms with Crippen LogP contribution in [0.3, 0.4) is 0 Å². The molecule has 0 fully saturated rings. The minimum absolute atomic E-state index is 0. The smallest absolute Gasteiger partial charge is 0.171 e. The van der Waals surface area contributed by atoms with Crippen LogP contribution in [-0.2, 0) is 7.05 Å². The topological polar surface area (TPSA) is 16.8 Å². The van der Waals surface area contributed by atoms with Gasteiger partial charge in [0, 0.05) is 24.0 Å². The van der Waals surface area contributed by atoms with Crippen LogP contribution in [0.1, 0.15) is 11.1 Å². The molecule has 2 aromatic rings. The third-order valence-corrected chi connectivity index (χ3v) is 1.90. The molecular formula is C14H20Br2N2. The molecule has 0 aliphatic carbocycles. The van der Waals surface area contributed by atoms with E-state index in [0.29, 0.717) is 0 Å². The Balaban J connectivity index is 0. The number of alkyl halides is 1. The zero-order valence-corrected chi connectivity index (χ0v) is 14.4. The second kappa shape index (κ2) is 12.7. The van der Waals surface area contributed by atoms with Crippen LogP contribution < -0.4 is 21.5 Å². The monoisotopic (exact) mass is 374 g/mol. The first-order valence-corrected chi connectivity index (χ1v) is 6.93. The van der Waals surface area contributed by atoms with E-state index in [4.69, 9.17) is 0 Å².